The van der Waals surface area contributed by atoms with Gasteiger partial charge in [-0.15, -0.1) is 0 Å². The lowest BCUT2D eigenvalue weighted by molar-refractivity contribution is 0.0691. The molecule has 0 aliphatic carbocycles. The van der Waals surface area contributed by atoms with E-state index in [4.69, 9.17) is 28.3 Å². The number of rotatable bonds is 3. The number of carboxylic acid groups (broad SMARTS) is 1. The predicted octanol–water partition coefficient (Wildman–Crippen LogP) is 2.15. The van der Waals surface area contributed by atoms with Crippen molar-refractivity contribution in [2.75, 3.05) is 0 Å². The maximum Gasteiger partial charge on any atom is 0.348 e. The molecule has 0 spiro atoms. The van der Waals surface area contributed by atoms with E-state index in [1.165, 1.54) is 12.1 Å². The summed E-state index contributed by atoms with van der Waals surface area (Å²) in [6, 6.07) is 3.65. The van der Waals surface area contributed by atoms with Crippen LogP contribution in [0, 0.1) is 5.82 Å². The number of imidazole rings is 1. The molecule has 2 heterocycles. The number of carbonyl (C=O) groups is 1. The molecule has 0 saturated heterocycles. The van der Waals surface area contributed by atoms with Gasteiger partial charge in [0.25, 0.3) is 0 Å². The SMILES string of the molecule is O=C(O)c1cc(Cc2n[nH]c(=O)n3c(Cl)c(Cl)nc23)ccc1F. The number of halogens is 3. The van der Waals surface area contributed by atoms with Crippen molar-refractivity contribution >= 4 is 34.8 Å². The highest BCUT2D eigenvalue weighted by Gasteiger charge is 2.17. The Bertz CT molecular complexity index is 999. The second kappa shape index (κ2) is 5.64. The summed E-state index contributed by atoms with van der Waals surface area (Å²) in [5, 5.41) is 15.0. The Morgan fingerprint density at radius 2 is 2.13 bits per heavy atom. The van der Waals surface area contributed by atoms with Crippen LogP contribution in [0.25, 0.3) is 5.65 Å². The third-order valence-electron chi connectivity index (χ3n) is 3.16. The lowest BCUT2D eigenvalue weighted by Crippen LogP contribution is -2.20. The first kappa shape index (κ1) is 15.4. The van der Waals surface area contributed by atoms with Crippen LogP contribution in [-0.4, -0.2) is 30.7 Å². The van der Waals surface area contributed by atoms with E-state index in [-0.39, 0.29) is 22.4 Å². The molecule has 23 heavy (non-hydrogen) atoms. The standard InChI is InChI=1S/C13H7Cl2FN4O3/c14-9-10(15)20-11(17-9)8(18-19-13(20)23)4-5-1-2-7(16)6(3-5)12(21)22/h1-3H,4H2,(H,19,23)(H,21,22). The second-order valence-corrected chi connectivity index (χ2v) is 5.34. The Labute approximate surface area is 137 Å². The molecule has 0 aliphatic rings. The molecule has 0 bridgehead atoms. The number of fused-ring (bicyclic) bond motifs is 1. The molecule has 0 fully saturated rings. The first-order valence-corrected chi connectivity index (χ1v) is 6.97. The zero-order valence-corrected chi connectivity index (χ0v) is 12.7. The maximum atomic E-state index is 13.4. The molecule has 1 aromatic carbocycles. The number of aromatic amines is 1. The maximum absolute atomic E-state index is 13.4. The molecule has 3 rings (SSSR count). The quantitative estimate of drug-likeness (QED) is 0.748. The Kier molecular flexibility index (Phi) is 3.78. The lowest BCUT2D eigenvalue weighted by atomic mass is 10.1. The first-order valence-electron chi connectivity index (χ1n) is 6.21. The number of H-pyrrole nitrogens is 1. The molecule has 2 aromatic heterocycles. The highest BCUT2D eigenvalue weighted by Crippen LogP contribution is 2.23. The summed E-state index contributed by atoms with van der Waals surface area (Å²) in [6.07, 6.45) is 0.102. The number of hydrogen-bond acceptors (Lipinski definition) is 4. The smallest absolute Gasteiger partial charge is 0.348 e. The third-order valence-corrected chi connectivity index (χ3v) is 3.87. The van der Waals surface area contributed by atoms with Crippen molar-refractivity contribution in [1.29, 1.82) is 0 Å². The summed E-state index contributed by atoms with van der Waals surface area (Å²) in [5.74, 6) is -2.22. The predicted molar refractivity (Wildman–Crippen MR) is 79.8 cm³/mol. The summed E-state index contributed by atoms with van der Waals surface area (Å²) in [5.41, 5.74) is -0.146. The minimum Gasteiger partial charge on any atom is -0.478 e. The van der Waals surface area contributed by atoms with Crippen LogP contribution >= 0.6 is 23.2 Å². The van der Waals surface area contributed by atoms with Crippen molar-refractivity contribution in [1.82, 2.24) is 19.6 Å². The first-order chi connectivity index (χ1) is 10.9. The van der Waals surface area contributed by atoms with E-state index in [2.05, 4.69) is 15.2 Å². The van der Waals surface area contributed by atoms with Crippen molar-refractivity contribution in [2.24, 2.45) is 0 Å². The van der Waals surface area contributed by atoms with Gasteiger partial charge in [0.2, 0.25) is 0 Å². The van der Waals surface area contributed by atoms with Crippen LogP contribution in [0.3, 0.4) is 0 Å². The Hall–Kier alpha value is -2.45. The van der Waals surface area contributed by atoms with Gasteiger partial charge in [-0.2, -0.15) is 5.10 Å². The highest BCUT2D eigenvalue weighted by molar-refractivity contribution is 6.40. The molecule has 0 aliphatic heterocycles. The number of aromatic carboxylic acids is 1. The van der Waals surface area contributed by atoms with Gasteiger partial charge in [0.05, 0.1) is 5.56 Å². The van der Waals surface area contributed by atoms with E-state index in [0.29, 0.717) is 11.3 Å². The molecule has 2 N–H and O–H groups in total. The molecule has 10 heteroatoms. The Morgan fingerprint density at radius 1 is 1.39 bits per heavy atom. The molecular formula is C13H7Cl2FN4O3. The summed E-state index contributed by atoms with van der Waals surface area (Å²) in [4.78, 5) is 26.7. The fourth-order valence-electron chi connectivity index (χ4n) is 2.13. The van der Waals surface area contributed by atoms with Gasteiger partial charge in [-0.1, -0.05) is 29.3 Å². The zero-order chi connectivity index (χ0) is 16.7. The molecule has 0 unspecified atom stereocenters. The molecule has 118 valence electrons. The van der Waals surface area contributed by atoms with Gasteiger partial charge in [0.1, 0.15) is 11.5 Å². The van der Waals surface area contributed by atoms with Crippen molar-refractivity contribution in [2.45, 2.75) is 6.42 Å². The van der Waals surface area contributed by atoms with Gasteiger partial charge in [-0.3, -0.25) is 0 Å². The average Bonchev–Trinajstić information content (AvgIpc) is 2.80. The van der Waals surface area contributed by atoms with E-state index >= 15 is 0 Å². The number of nitrogens with one attached hydrogen (secondary N) is 1. The largest absolute Gasteiger partial charge is 0.478 e. The number of nitrogens with zero attached hydrogens (tertiary/aromatic N) is 3. The lowest BCUT2D eigenvalue weighted by Gasteiger charge is -2.05. The summed E-state index contributed by atoms with van der Waals surface area (Å²) < 4.78 is 14.5. The highest BCUT2D eigenvalue weighted by atomic mass is 35.5. The van der Waals surface area contributed by atoms with Gasteiger partial charge < -0.3 is 5.11 Å². The van der Waals surface area contributed by atoms with E-state index in [9.17, 15) is 14.0 Å². The van der Waals surface area contributed by atoms with Crippen LogP contribution in [0.5, 0.6) is 0 Å². The molecule has 0 radical (unpaired) electrons. The minimum atomic E-state index is -1.38. The summed E-state index contributed by atoms with van der Waals surface area (Å²) >= 11 is 11.7. The van der Waals surface area contributed by atoms with Crippen LogP contribution in [0.15, 0.2) is 23.0 Å². The van der Waals surface area contributed by atoms with E-state index in [1.54, 1.807) is 0 Å². The normalized spacial score (nSPS) is 11.1. The monoisotopic (exact) mass is 356 g/mol. The van der Waals surface area contributed by atoms with Crippen LogP contribution in [0.2, 0.25) is 10.3 Å². The number of benzene rings is 1. The molecular weight excluding hydrogens is 350 g/mol. The zero-order valence-electron chi connectivity index (χ0n) is 11.2. The molecule has 0 atom stereocenters. The fraction of sp³-hybridized carbons (Fsp3) is 0.0769. The Morgan fingerprint density at radius 3 is 2.83 bits per heavy atom. The van der Waals surface area contributed by atoms with Crippen molar-refractivity contribution in [3.05, 3.63) is 61.6 Å². The van der Waals surface area contributed by atoms with Crippen molar-refractivity contribution in [3.8, 4) is 0 Å². The van der Waals surface area contributed by atoms with Crippen molar-refractivity contribution in [3.63, 3.8) is 0 Å². The number of aromatic nitrogens is 4. The van der Waals surface area contributed by atoms with Gasteiger partial charge in [0.15, 0.2) is 16.0 Å². The minimum absolute atomic E-state index is 0.0584. The molecule has 7 nitrogen and oxygen atoms in total. The van der Waals surface area contributed by atoms with Crippen LogP contribution in [-0.2, 0) is 6.42 Å². The van der Waals surface area contributed by atoms with Crippen LogP contribution in [0.4, 0.5) is 4.39 Å². The van der Waals surface area contributed by atoms with Gasteiger partial charge >= 0.3 is 11.7 Å². The van der Waals surface area contributed by atoms with Crippen molar-refractivity contribution < 1.29 is 14.3 Å². The summed E-state index contributed by atoms with van der Waals surface area (Å²) in [6.45, 7) is 0. The molecule has 0 saturated carbocycles. The van der Waals surface area contributed by atoms with Gasteiger partial charge in [-0.25, -0.2) is 28.5 Å². The van der Waals surface area contributed by atoms with E-state index in [0.717, 1.165) is 10.5 Å². The van der Waals surface area contributed by atoms with E-state index < -0.39 is 23.0 Å². The van der Waals surface area contributed by atoms with Gasteiger partial charge in [0, 0.05) is 6.42 Å². The molecule has 3 aromatic rings. The van der Waals surface area contributed by atoms with E-state index in [1.807, 2.05) is 0 Å². The summed E-state index contributed by atoms with van der Waals surface area (Å²) in [7, 11) is 0. The fourth-order valence-corrected chi connectivity index (χ4v) is 2.49. The second-order valence-electron chi connectivity index (χ2n) is 4.62. The third kappa shape index (κ3) is 2.66. The number of hydrogen-bond donors (Lipinski definition) is 2. The van der Waals surface area contributed by atoms with Gasteiger partial charge in [-0.05, 0) is 17.7 Å². The number of carboxylic acids is 1. The topological polar surface area (TPSA) is 100 Å². The van der Waals surface area contributed by atoms with Crippen LogP contribution in [0.1, 0.15) is 21.6 Å². The van der Waals surface area contributed by atoms with Crippen LogP contribution < -0.4 is 5.69 Å². The average molecular weight is 357 g/mol. The Balaban J connectivity index is 2.11. The molecule has 0 amide bonds.